The van der Waals surface area contributed by atoms with Crippen molar-refractivity contribution >= 4 is 5.78 Å². The van der Waals surface area contributed by atoms with E-state index in [9.17, 15) is 13.6 Å². The summed E-state index contributed by atoms with van der Waals surface area (Å²) >= 11 is 0. The molecule has 98 valence electrons. The van der Waals surface area contributed by atoms with Gasteiger partial charge in [-0.2, -0.15) is 0 Å². The van der Waals surface area contributed by atoms with Gasteiger partial charge in [-0.1, -0.05) is 31.2 Å². The Hall–Kier alpha value is -2.03. The van der Waals surface area contributed by atoms with Crippen molar-refractivity contribution in [2.24, 2.45) is 0 Å². The van der Waals surface area contributed by atoms with Crippen LogP contribution in [0.15, 0.2) is 36.4 Å². The molecule has 0 amide bonds. The molecule has 0 aliphatic rings. The van der Waals surface area contributed by atoms with E-state index in [1.165, 1.54) is 13.0 Å². The Morgan fingerprint density at radius 3 is 2.42 bits per heavy atom. The minimum absolute atomic E-state index is 0.0835. The molecule has 0 saturated heterocycles. The Morgan fingerprint density at radius 2 is 1.74 bits per heavy atom. The minimum atomic E-state index is -0.820. The maximum atomic E-state index is 13.7. The lowest BCUT2D eigenvalue weighted by molar-refractivity contribution is 0.103. The monoisotopic (exact) mass is 260 g/mol. The summed E-state index contributed by atoms with van der Waals surface area (Å²) in [6, 6.07) is 9.10. The maximum absolute atomic E-state index is 13.7. The molecule has 0 atom stereocenters. The van der Waals surface area contributed by atoms with Gasteiger partial charge in [0.15, 0.2) is 5.78 Å². The third-order valence-corrected chi connectivity index (χ3v) is 3.14. The molecule has 0 aliphatic heterocycles. The zero-order valence-corrected chi connectivity index (χ0v) is 10.8. The first-order chi connectivity index (χ1) is 9.04. The molecule has 0 bridgehead atoms. The summed E-state index contributed by atoms with van der Waals surface area (Å²) in [4.78, 5) is 12.3. The predicted molar refractivity (Wildman–Crippen MR) is 70.3 cm³/mol. The molecule has 0 spiro atoms. The molecule has 0 aliphatic carbocycles. The van der Waals surface area contributed by atoms with Crippen molar-refractivity contribution in [1.82, 2.24) is 0 Å². The summed E-state index contributed by atoms with van der Waals surface area (Å²) in [6.07, 6.45) is 0.684. The van der Waals surface area contributed by atoms with E-state index in [0.717, 1.165) is 11.6 Å². The molecule has 0 saturated carbocycles. The van der Waals surface area contributed by atoms with Crippen LogP contribution in [0.2, 0.25) is 0 Å². The van der Waals surface area contributed by atoms with Gasteiger partial charge in [-0.05, 0) is 30.5 Å². The molecule has 3 heteroatoms. The molecular formula is C16H14F2O. The lowest BCUT2D eigenvalue weighted by Gasteiger charge is -2.08. The van der Waals surface area contributed by atoms with Crippen LogP contribution >= 0.6 is 0 Å². The van der Waals surface area contributed by atoms with E-state index < -0.39 is 17.4 Å². The van der Waals surface area contributed by atoms with Gasteiger partial charge >= 0.3 is 0 Å². The first kappa shape index (κ1) is 13.4. The lowest BCUT2D eigenvalue weighted by atomic mass is 9.96. The van der Waals surface area contributed by atoms with E-state index >= 15 is 0 Å². The fourth-order valence-corrected chi connectivity index (χ4v) is 2.03. The van der Waals surface area contributed by atoms with Crippen LogP contribution in [0.3, 0.4) is 0 Å². The van der Waals surface area contributed by atoms with E-state index in [2.05, 4.69) is 0 Å². The number of rotatable bonds is 3. The Bertz CT molecular complexity index is 633. The Labute approximate surface area is 110 Å². The fourth-order valence-electron chi connectivity index (χ4n) is 2.03. The maximum Gasteiger partial charge on any atom is 0.196 e. The minimum Gasteiger partial charge on any atom is -0.288 e. The van der Waals surface area contributed by atoms with Crippen LogP contribution in [0, 0.1) is 18.6 Å². The SMILES string of the molecule is CCc1ccccc1C(=O)c1cc(C)c(F)cc1F. The number of benzene rings is 2. The molecule has 0 aromatic heterocycles. The predicted octanol–water partition coefficient (Wildman–Crippen LogP) is 4.07. The molecule has 0 unspecified atom stereocenters. The fraction of sp³-hybridized carbons (Fsp3) is 0.188. The largest absolute Gasteiger partial charge is 0.288 e. The zero-order chi connectivity index (χ0) is 14.0. The van der Waals surface area contributed by atoms with Gasteiger partial charge in [0, 0.05) is 11.6 Å². The van der Waals surface area contributed by atoms with Crippen molar-refractivity contribution in [2.45, 2.75) is 20.3 Å². The quantitative estimate of drug-likeness (QED) is 0.760. The van der Waals surface area contributed by atoms with Crippen molar-refractivity contribution in [1.29, 1.82) is 0 Å². The third kappa shape index (κ3) is 2.55. The summed E-state index contributed by atoms with van der Waals surface area (Å²) < 4.78 is 27.0. The number of halogens is 2. The average molecular weight is 260 g/mol. The first-order valence-electron chi connectivity index (χ1n) is 6.12. The summed E-state index contributed by atoms with van der Waals surface area (Å²) in [5.74, 6) is -1.87. The van der Waals surface area contributed by atoms with Gasteiger partial charge in [0.05, 0.1) is 5.56 Å². The average Bonchev–Trinajstić information content (AvgIpc) is 2.42. The molecule has 0 heterocycles. The summed E-state index contributed by atoms with van der Waals surface area (Å²) in [7, 11) is 0. The second-order valence-corrected chi connectivity index (χ2v) is 4.42. The van der Waals surface area contributed by atoms with Crippen molar-refractivity contribution in [3.63, 3.8) is 0 Å². The topological polar surface area (TPSA) is 17.1 Å². The van der Waals surface area contributed by atoms with E-state index in [1.807, 2.05) is 19.1 Å². The molecule has 2 rings (SSSR count). The second-order valence-electron chi connectivity index (χ2n) is 4.42. The number of hydrogen-bond donors (Lipinski definition) is 0. The second kappa shape index (κ2) is 5.31. The van der Waals surface area contributed by atoms with Gasteiger partial charge < -0.3 is 0 Å². The first-order valence-corrected chi connectivity index (χ1v) is 6.12. The molecule has 0 radical (unpaired) electrons. The van der Waals surface area contributed by atoms with Crippen LogP contribution < -0.4 is 0 Å². The number of carbonyl (C=O) groups excluding carboxylic acids is 1. The molecule has 19 heavy (non-hydrogen) atoms. The summed E-state index contributed by atoms with van der Waals surface area (Å²) in [5, 5.41) is 0. The molecule has 0 N–H and O–H groups in total. The Morgan fingerprint density at radius 1 is 1.05 bits per heavy atom. The molecule has 2 aromatic rings. The van der Waals surface area contributed by atoms with E-state index in [1.54, 1.807) is 12.1 Å². The highest BCUT2D eigenvalue weighted by Crippen LogP contribution is 2.20. The zero-order valence-electron chi connectivity index (χ0n) is 10.8. The number of aryl methyl sites for hydroxylation is 2. The van der Waals surface area contributed by atoms with Gasteiger partial charge in [0.1, 0.15) is 11.6 Å². The third-order valence-electron chi connectivity index (χ3n) is 3.14. The van der Waals surface area contributed by atoms with Gasteiger partial charge in [0.2, 0.25) is 0 Å². The van der Waals surface area contributed by atoms with Gasteiger partial charge in [-0.25, -0.2) is 8.78 Å². The lowest BCUT2D eigenvalue weighted by Crippen LogP contribution is -2.08. The van der Waals surface area contributed by atoms with Gasteiger partial charge in [-0.15, -0.1) is 0 Å². The van der Waals surface area contributed by atoms with Gasteiger partial charge in [0.25, 0.3) is 0 Å². The van der Waals surface area contributed by atoms with E-state index in [-0.39, 0.29) is 11.1 Å². The Kier molecular flexibility index (Phi) is 3.74. The van der Waals surface area contributed by atoms with Crippen molar-refractivity contribution in [3.05, 3.63) is 70.3 Å². The number of carbonyl (C=O) groups is 1. The summed E-state index contributed by atoms with van der Waals surface area (Å²) in [5.41, 5.74) is 1.50. The molecule has 1 nitrogen and oxygen atoms in total. The molecule has 0 fully saturated rings. The van der Waals surface area contributed by atoms with E-state index in [0.29, 0.717) is 12.0 Å². The Balaban J connectivity index is 2.53. The highest BCUT2D eigenvalue weighted by Gasteiger charge is 2.18. The summed E-state index contributed by atoms with van der Waals surface area (Å²) in [6.45, 7) is 3.44. The number of ketones is 1. The van der Waals surface area contributed by atoms with Crippen molar-refractivity contribution in [3.8, 4) is 0 Å². The highest BCUT2D eigenvalue weighted by molar-refractivity contribution is 6.10. The van der Waals surface area contributed by atoms with E-state index in [4.69, 9.17) is 0 Å². The van der Waals surface area contributed by atoms with Crippen LogP contribution in [0.4, 0.5) is 8.78 Å². The van der Waals surface area contributed by atoms with Crippen molar-refractivity contribution < 1.29 is 13.6 Å². The molecular weight excluding hydrogens is 246 g/mol. The molecule has 2 aromatic carbocycles. The standard InChI is InChI=1S/C16H14F2O/c1-3-11-6-4-5-7-12(11)16(19)13-8-10(2)14(17)9-15(13)18/h4-9H,3H2,1-2H3. The van der Waals surface area contributed by atoms with Crippen LogP contribution in [-0.4, -0.2) is 5.78 Å². The van der Waals surface area contributed by atoms with Crippen LogP contribution in [0.5, 0.6) is 0 Å². The van der Waals surface area contributed by atoms with Crippen molar-refractivity contribution in [2.75, 3.05) is 0 Å². The van der Waals surface area contributed by atoms with Crippen LogP contribution in [0.25, 0.3) is 0 Å². The normalized spacial score (nSPS) is 10.5. The van der Waals surface area contributed by atoms with Gasteiger partial charge in [-0.3, -0.25) is 4.79 Å². The highest BCUT2D eigenvalue weighted by atomic mass is 19.1. The smallest absolute Gasteiger partial charge is 0.196 e. The van der Waals surface area contributed by atoms with Crippen LogP contribution in [-0.2, 0) is 6.42 Å². The van der Waals surface area contributed by atoms with Crippen LogP contribution in [0.1, 0.15) is 34.0 Å². The number of hydrogen-bond acceptors (Lipinski definition) is 1.